The van der Waals surface area contributed by atoms with Crippen molar-refractivity contribution in [1.82, 2.24) is 20.1 Å². The van der Waals surface area contributed by atoms with Crippen LogP contribution < -0.4 is 20.9 Å². The molecule has 0 amide bonds. The van der Waals surface area contributed by atoms with E-state index >= 15 is 0 Å². The van der Waals surface area contributed by atoms with Gasteiger partial charge in [-0.05, 0) is 26.0 Å². The van der Waals surface area contributed by atoms with Crippen molar-refractivity contribution in [2.24, 2.45) is 4.99 Å². The molecular formula is C20H26F2N6O2. The van der Waals surface area contributed by atoms with E-state index in [-0.39, 0.29) is 23.6 Å². The zero-order valence-electron chi connectivity index (χ0n) is 17.4. The molecule has 0 aliphatic carbocycles. The maximum absolute atomic E-state index is 14.6. The van der Waals surface area contributed by atoms with Crippen LogP contribution in [-0.4, -0.2) is 59.3 Å². The molecule has 0 bridgehead atoms. The van der Waals surface area contributed by atoms with Crippen LogP contribution in [-0.2, 0) is 5.60 Å². The number of pyridine rings is 1. The lowest BCUT2D eigenvalue weighted by atomic mass is 10.0. The van der Waals surface area contributed by atoms with Crippen LogP contribution in [0.1, 0.15) is 25.2 Å². The lowest BCUT2D eigenvalue weighted by Crippen LogP contribution is -2.31. The summed E-state index contributed by atoms with van der Waals surface area (Å²) in [6.07, 6.45) is -1.07. The fourth-order valence-electron chi connectivity index (χ4n) is 3.19. The first-order valence-corrected chi connectivity index (χ1v) is 9.47. The van der Waals surface area contributed by atoms with Crippen LogP contribution in [0.2, 0.25) is 0 Å². The molecule has 1 aliphatic heterocycles. The summed E-state index contributed by atoms with van der Waals surface area (Å²) >= 11 is 0. The number of rotatable bonds is 6. The van der Waals surface area contributed by atoms with Gasteiger partial charge in [0.2, 0.25) is 0 Å². The molecule has 162 valence electrons. The normalized spacial score (nSPS) is 19.8. The lowest BCUT2D eigenvalue weighted by molar-refractivity contribution is 0.0688. The monoisotopic (exact) mass is 420 g/mol. The molecule has 3 N–H and O–H groups in total. The van der Waals surface area contributed by atoms with Crippen LogP contribution in [0.25, 0.3) is 5.70 Å². The van der Waals surface area contributed by atoms with Gasteiger partial charge in [0.1, 0.15) is 34.7 Å². The van der Waals surface area contributed by atoms with E-state index in [1.165, 1.54) is 23.9 Å². The van der Waals surface area contributed by atoms with Crippen molar-refractivity contribution in [3.05, 3.63) is 47.5 Å². The highest BCUT2D eigenvalue weighted by atomic mass is 19.1. The number of methoxy groups -OCH3 is 1. The number of alkyl halides is 1. The van der Waals surface area contributed by atoms with E-state index in [2.05, 4.69) is 32.3 Å². The molecule has 0 aromatic carbocycles. The summed E-state index contributed by atoms with van der Waals surface area (Å²) in [5.41, 5.74) is -0.749. The first-order valence-electron chi connectivity index (χ1n) is 9.47. The van der Waals surface area contributed by atoms with Crippen LogP contribution in [0, 0.1) is 5.82 Å². The van der Waals surface area contributed by atoms with Crippen molar-refractivity contribution < 1.29 is 18.6 Å². The van der Waals surface area contributed by atoms with Gasteiger partial charge in [-0.3, -0.25) is 4.99 Å². The number of anilines is 1. The Morgan fingerprint density at radius 2 is 2.17 bits per heavy atom. The van der Waals surface area contributed by atoms with Crippen LogP contribution in [0.5, 0.6) is 5.75 Å². The minimum absolute atomic E-state index is 0.0735. The van der Waals surface area contributed by atoms with Gasteiger partial charge in [-0.2, -0.15) is 5.10 Å². The Morgan fingerprint density at radius 3 is 2.73 bits per heavy atom. The number of hydrogen-bond donors (Lipinski definition) is 3. The Labute approximate surface area is 173 Å². The molecule has 10 heteroatoms. The first-order chi connectivity index (χ1) is 14.2. The molecular weight excluding hydrogens is 394 g/mol. The van der Waals surface area contributed by atoms with Crippen molar-refractivity contribution in [3.8, 4) is 5.75 Å². The van der Waals surface area contributed by atoms with E-state index < -0.39 is 23.6 Å². The number of ether oxygens (including phenoxy) is 1. The number of nitrogens with one attached hydrogen (secondary N) is 2. The molecule has 1 fully saturated rings. The molecule has 3 heterocycles. The van der Waals surface area contributed by atoms with Gasteiger partial charge in [0, 0.05) is 26.2 Å². The van der Waals surface area contributed by atoms with Gasteiger partial charge in [-0.1, -0.05) is 6.58 Å². The first kappa shape index (κ1) is 21.8. The Kier molecular flexibility index (Phi) is 6.18. The van der Waals surface area contributed by atoms with Gasteiger partial charge in [0.05, 0.1) is 18.8 Å². The highest BCUT2D eigenvalue weighted by Gasteiger charge is 2.28. The molecule has 0 radical (unpaired) electrons. The van der Waals surface area contributed by atoms with Crippen LogP contribution >= 0.6 is 0 Å². The Balaban J connectivity index is 2.05. The van der Waals surface area contributed by atoms with Gasteiger partial charge in [-0.25, -0.2) is 18.4 Å². The van der Waals surface area contributed by atoms with Crippen molar-refractivity contribution in [1.29, 1.82) is 0 Å². The molecule has 0 saturated carbocycles. The van der Waals surface area contributed by atoms with Gasteiger partial charge in [-0.15, -0.1) is 0 Å². The van der Waals surface area contributed by atoms with E-state index in [0.717, 1.165) is 0 Å². The summed E-state index contributed by atoms with van der Waals surface area (Å²) in [6, 6.07) is 3.79. The molecule has 1 aliphatic rings. The van der Waals surface area contributed by atoms with Gasteiger partial charge in [0.25, 0.3) is 0 Å². The SMILES string of the molecule is C=C(c1nc(NC2CNCC2F)ccc1F)n1nc(C(C)(C)O)c(OC)c/c1=N/C. The second kappa shape index (κ2) is 8.49. The summed E-state index contributed by atoms with van der Waals surface area (Å²) in [5, 5.41) is 20.8. The van der Waals surface area contributed by atoms with Crippen molar-refractivity contribution in [2.75, 3.05) is 32.6 Å². The zero-order chi connectivity index (χ0) is 22.1. The van der Waals surface area contributed by atoms with Crippen molar-refractivity contribution in [2.45, 2.75) is 31.7 Å². The highest BCUT2D eigenvalue weighted by Crippen LogP contribution is 2.27. The van der Waals surface area contributed by atoms with E-state index in [4.69, 9.17) is 4.74 Å². The Hall–Kier alpha value is -2.85. The Bertz CT molecular complexity index is 1020. The number of halogens is 2. The van der Waals surface area contributed by atoms with Crippen LogP contribution in [0.3, 0.4) is 0 Å². The average Bonchev–Trinajstić information content (AvgIpc) is 3.11. The maximum atomic E-state index is 14.6. The van der Waals surface area contributed by atoms with Gasteiger partial charge >= 0.3 is 0 Å². The topological polar surface area (TPSA) is 96.6 Å². The molecule has 8 nitrogen and oxygen atoms in total. The summed E-state index contributed by atoms with van der Waals surface area (Å²) in [4.78, 5) is 8.43. The highest BCUT2D eigenvalue weighted by molar-refractivity contribution is 5.62. The maximum Gasteiger partial charge on any atom is 0.153 e. The predicted octanol–water partition coefficient (Wildman–Crippen LogP) is 1.42. The van der Waals surface area contributed by atoms with Crippen LogP contribution in [0.4, 0.5) is 14.6 Å². The smallest absolute Gasteiger partial charge is 0.153 e. The molecule has 2 aromatic heterocycles. The summed E-state index contributed by atoms with van der Waals surface area (Å²) < 4.78 is 35.1. The number of aliphatic hydroxyl groups is 1. The second-order valence-electron chi connectivity index (χ2n) is 7.51. The Morgan fingerprint density at radius 1 is 1.43 bits per heavy atom. The fourth-order valence-corrected chi connectivity index (χ4v) is 3.19. The molecule has 2 unspecified atom stereocenters. The standard InChI is InChI=1S/C20H26F2N6O2/c1-11(28-17(23-4)8-15(30-5)19(27-28)20(2,3)29)18-12(21)6-7-16(26-18)25-14-10-24-9-13(14)22/h6-8,13-14,24,29H,1,9-10H2,2-5H3,(H,25,26)/b23-17-. The molecule has 2 atom stereocenters. The molecule has 30 heavy (non-hydrogen) atoms. The largest absolute Gasteiger partial charge is 0.495 e. The van der Waals surface area contributed by atoms with E-state index in [9.17, 15) is 13.9 Å². The molecule has 0 spiro atoms. The third-order valence-corrected chi connectivity index (χ3v) is 4.79. The average molecular weight is 420 g/mol. The quantitative estimate of drug-likeness (QED) is 0.654. The number of nitrogens with zero attached hydrogens (tertiary/aromatic N) is 4. The molecule has 2 aromatic rings. The number of hydrogen-bond acceptors (Lipinski definition) is 7. The second-order valence-corrected chi connectivity index (χ2v) is 7.51. The van der Waals surface area contributed by atoms with E-state index in [1.54, 1.807) is 27.0 Å². The third kappa shape index (κ3) is 4.34. The van der Waals surface area contributed by atoms with Crippen LogP contribution in [0.15, 0.2) is 29.8 Å². The predicted molar refractivity (Wildman–Crippen MR) is 109 cm³/mol. The van der Waals surface area contributed by atoms with E-state index in [0.29, 0.717) is 23.6 Å². The minimum Gasteiger partial charge on any atom is -0.495 e. The van der Waals surface area contributed by atoms with E-state index in [1.807, 2.05) is 0 Å². The third-order valence-electron chi connectivity index (χ3n) is 4.79. The lowest BCUT2D eigenvalue weighted by Gasteiger charge is -2.22. The fraction of sp³-hybridized carbons (Fsp3) is 0.450. The molecule has 1 saturated heterocycles. The van der Waals surface area contributed by atoms with Crippen molar-refractivity contribution in [3.63, 3.8) is 0 Å². The number of aromatic nitrogens is 3. The summed E-state index contributed by atoms with van der Waals surface area (Å²) in [7, 11) is 3.00. The van der Waals surface area contributed by atoms with Gasteiger partial charge in [0.15, 0.2) is 11.3 Å². The zero-order valence-corrected chi connectivity index (χ0v) is 17.4. The van der Waals surface area contributed by atoms with Crippen molar-refractivity contribution >= 4 is 11.5 Å². The minimum atomic E-state index is -1.33. The molecule has 3 rings (SSSR count). The van der Waals surface area contributed by atoms with Gasteiger partial charge < -0.3 is 20.5 Å². The summed E-state index contributed by atoms with van der Waals surface area (Å²) in [5.74, 6) is 0.0262. The summed E-state index contributed by atoms with van der Waals surface area (Å²) in [6.45, 7) is 7.74.